The monoisotopic (exact) mass is 276 g/mol. The second kappa shape index (κ2) is 6.11. The minimum absolute atomic E-state index is 0.102. The van der Waals surface area contributed by atoms with E-state index in [9.17, 15) is 5.11 Å². The van der Waals surface area contributed by atoms with Gasteiger partial charge in [-0.05, 0) is 48.0 Å². The zero-order chi connectivity index (χ0) is 13.7. The maximum atomic E-state index is 9.47. The van der Waals surface area contributed by atoms with Gasteiger partial charge in [-0.25, -0.2) is 0 Å². The molecule has 0 aromatic heterocycles. The third-order valence-corrected chi connectivity index (χ3v) is 2.71. The molecular formula is C14H13ClN2O2. The Hall–Kier alpha value is -2.20. The van der Waals surface area contributed by atoms with Gasteiger partial charge in [0.15, 0.2) is 11.5 Å². The van der Waals surface area contributed by atoms with Gasteiger partial charge in [0, 0.05) is 5.02 Å². The third kappa shape index (κ3) is 3.63. The van der Waals surface area contributed by atoms with Crippen molar-refractivity contribution in [3.63, 3.8) is 0 Å². The fraction of sp³-hybridized carbons (Fsp3) is 0.0714. The number of halogens is 1. The molecule has 0 bridgehead atoms. The molecule has 0 spiro atoms. The Bertz CT molecular complexity index is 582. The van der Waals surface area contributed by atoms with Crippen LogP contribution in [0.15, 0.2) is 47.6 Å². The average Bonchev–Trinajstić information content (AvgIpc) is 2.43. The molecule has 0 heterocycles. The Morgan fingerprint density at radius 2 is 1.95 bits per heavy atom. The smallest absolute Gasteiger partial charge is 0.161 e. The Morgan fingerprint density at radius 1 is 1.21 bits per heavy atom. The molecule has 2 aromatic rings. The largest absolute Gasteiger partial charge is 0.504 e. The van der Waals surface area contributed by atoms with Gasteiger partial charge in [0.25, 0.3) is 0 Å². The number of aromatic hydroxyl groups is 1. The van der Waals surface area contributed by atoms with Crippen LogP contribution in [-0.4, -0.2) is 18.4 Å². The molecule has 0 amide bonds. The summed E-state index contributed by atoms with van der Waals surface area (Å²) in [4.78, 5) is 0. The van der Waals surface area contributed by atoms with Crippen molar-refractivity contribution in [1.82, 2.24) is 0 Å². The van der Waals surface area contributed by atoms with Crippen LogP contribution in [0, 0.1) is 0 Å². The third-order valence-electron chi connectivity index (χ3n) is 2.46. The molecule has 0 aliphatic carbocycles. The Balaban J connectivity index is 2.04. The summed E-state index contributed by atoms with van der Waals surface area (Å²) < 4.78 is 5.02. The first-order valence-corrected chi connectivity index (χ1v) is 5.98. The standard InChI is InChI=1S/C14H13ClN2O2/c1-19-14-8-10(2-7-13(14)18)9-16-17-12-5-3-11(15)4-6-12/h2-9,17-18H,1H3/b16-9+. The van der Waals surface area contributed by atoms with Gasteiger partial charge in [-0.3, -0.25) is 5.43 Å². The molecule has 0 unspecified atom stereocenters. The molecular weight excluding hydrogens is 264 g/mol. The van der Waals surface area contributed by atoms with E-state index < -0.39 is 0 Å². The molecule has 98 valence electrons. The van der Waals surface area contributed by atoms with E-state index in [0.29, 0.717) is 10.8 Å². The molecule has 0 aliphatic heterocycles. The molecule has 2 aromatic carbocycles. The maximum absolute atomic E-state index is 9.47. The van der Waals surface area contributed by atoms with Crippen LogP contribution in [0.2, 0.25) is 5.02 Å². The van der Waals surface area contributed by atoms with E-state index in [4.69, 9.17) is 16.3 Å². The molecule has 4 nitrogen and oxygen atoms in total. The van der Waals surface area contributed by atoms with E-state index in [1.54, 1.807) is 36.5 Å². The van der Waals surface area contributed by atoms with E-state index in [1.165, 1.54) is 7.11 Å². The Labute approximate surface area is 116 Å². The summed E-state index contributed by atoms with van der Waals surface area (Å²) in [7, 11) is 1.50. The summed E-state index contributed by atoms with van der Waals surface area (Å²) in [6, 6.07) is 12.2. The van der Waals surface area contributed by atoms with E-state index in [2.05, 4.69) is 10.5 Å². The number of ether oxygens (including phenoxy) is 1. The highest BCUT2D eigenvalue weighted by Crippen LogP contribution is 2.25. The van der Waals surface area contributed by atoms with E-state index in [0.717, 1.165) is 11.3 Å². The van der Waals surface area contributed by atoms with Gasteiger partial charge in [0.2, 0.25) is 0 Å². The van der Waals surface area contributed by atoms with Crippen LogP contribution < -0.4 is 10.2 Å². The molecule has 0 saturated heterocycles. The highest BCUT2D eigenvalue weighted by molar-refractivity contribution is 6.30. The van der Waals surface area contributed by atoms with Crippen molar-refractivity contribution in [1.29, 1.82) is 0 Å². The molecule has 5 heteroatoms. The van der Waals surface area contributed by atoms with E-state index >= 15 is 0 Å². The summed E-state index contributed by atoms with van der Waals surface area (Å²) in [5.41, 5.74) is 4.54. The van der Waals surface area contributed by atoms with Crippen molar-refractivity contribution in [2.45, 2.75) is 0 Å². The van der Waals surface area contributed by atoms with Crippen LogP contribution in [0.5, 0.6) is 11.5 Å². The highest BCUT2D eigenvalue weighted by Gasteiger charge is 2.00. The van der Waals surface area contributed by atoms with Crippen LogP contribution in [0.4, 0.5) is 5.69 Å². The Morgan fingerprint density at radius 3 is 2.63 bits per heavy atom. The highest BCUT2D eigenvalue weighted by atomic mass is 35.5. The number of benzene rings is 2. The van der Waals surface area contributed by atoms with Gasteiger partial charge in [0.05, 0.1) is 19.0 Å². The van der Waals surface area contributed by atoms with Crippen molar-refractivity contribution >= 4 is 23.5 Å². The molecule has 0 saturated carbocycles. The van der Waals surface area contributed by atoms with Crippen LogP contribution in [0.1, 0.15) is 5.56 Å². The number of anilines is 1. The van der Waals surface area contributed by atoms with Crippen molar-refractivity contribution in [3.8, 4) is 11.5 Å². The molecule has 2 rings (SSSR count). The lowest BCUT2D eigenvalue weighted by Gasteiger charge is -2.03. The zero-order valence-corrected chi connectivity index (χ0v) is 11.1. The summed E-state index contributed by atoms with van der Waals surface area (Å²) in [5.74, 6) is 0.515. The fourth-order valence-electron chi connectivity index (χ4n) is 1.48. The first-order valence-electron chi connectivity index (χ1n) is 5.60. The number of rotatable bonds is 4. The van der Waals surface area contributed by atoms with Gasteiger partial charge in [-0.1, -0.05) is 11.6 Å². The SMILES string of the molecule is COc1cc(/C=N/Nc2ccc(Cl)cc2)ccc1O. The lowest BCUT2D eigenvalue weighted by molar-refractivity contribution is 0.373. The summed E-state index contributed by atoms with van der Waals surface area (Å²) in [6.07, 6.45) is 1.64. The van der Waals surface area contributed by atoms with Crippen LogP contribution >= 0.6 is 11.6 Å². The van der Waals surface area contributed by atoms with Gasteiger partial charge in [0.1, 0.15) is 0 Å². The number of hydrogen-bond donors (Lipinski definition) is 2. The Kier molecular flexibility index (Phi) is 4.26. The van der Waals surface area contributed by atoms with Crippen molar-refractivity contribution < 1.29 is 9.84 Å². The number of nitrogens with one attached hydrogen (secondary N) is 1. The quantitative estimate of drug-likeness (QED) is 0.664. The van der Waals surface area contributed by atoms with Gasteiger partial charge >= 0.3 is 0 Å². The number of hydrogen-bond acceptors (Lipinski definition) is 4. The number of phenols is 1. The predicted molar refractivity (Wildman–Crippen MR) is 77.3 cm³/mol. The molecule has 0 radical (unpaired) electrons. The number of phenolic OH excluding ortho intramolecular Hbond substituents is 1. The van der Waals surface area contributed by atoms with Crippen LogP contribution in [0.3, 0.4) is 0 Å². The molecule has 19 heavy (non-hydrogen) atoms. The van der Waals surface area contributed by atoms with E-state index in [-0.39, 0.29) is 5.75 Å². The minimum Gasteiger partial charge on any atom is -0.504 e. The van der Waals surface area contributed by atoms with Crippen molar-refractivity contribution in [3.05, 3.63) is 53.1 Å². The maximum Gasteiger partial charge on any atom is 0.161 e. The summed E-state index contributed by atoms with van der Waals surface area (Å²) >= 11 is 5.79. The molecule has 0 atom stereocenters. The molecule has 2 N–H and O–H groups in total. The lowest BCUT2D eigenvalue weighted by Crippen LogP contribution is -1.91. The van der Waals surface area contributed by atoms with Crippen LogP contribution in [0.25, 0.3) is 0 Å². The fourth-order valence-corrected chi connectivity index (χ4v) is 1.61. The number of methoxy groups -OCH3 is 1. The second-order valence-electron chi connectivity index (χ2n) is 3.81. The first-order chi connectivity index (χ1) is 9.19. The second-order valence-corrected chi connectivity index (χ2v) is 4.24. The van der Waals surface area contributed by atoms with Crippen molar-refractivity contribution in [2.24, 2.45) is 5.10 Å². The van der Waals surface area contributed by atoms with Crippen molar-refractivity contribution in [2.75, 3.05) is 12.5 Å². The normalized spacial score (nSPS) is 10.6. The first kappa shape index (κ1) is 13.2. The topological polar surface area (TPSA) is 53.8 Å². The van der Waals surface area contributed by atoms with Gasteiger partial charge < -0.3 is 9.84 Å². The van der Waals surface area contributed by atoms with E-state index in [1.807, 2.05) is 12.1 Å². The lowest BCUT2D eigenvalue weighted by atomic mass is 10.2. The number of hydrazone groups is 1. The summed E-state index contributed by atoms with van der Waals surface area (Å²) in [5, 5.41) is 14.2. The van der Waals surface area contributed by atoms with Gasteiger partial charge in [-0.2, -0.15) is 5.10 Å². The molecule has 0 aliphatic rings. The summed E-state index contributed by atoms with van der Waals surface area (Å²) in [6.45, 7) is 0. The molecule has 0 fully saturated rings. The van der Waals surface area contributed by atoms with Crippen LogP contribution in [-0.2, 0) is 0 Å². The minimum atomic E-state index is 0.102. The predicted octanol–water partition coefficient (Wildman–Crippen LogP) is 3.50. The number of nitrogens with zero attached hydrogens (tertiary/aromatic N) is 1. The zero-order valence-electron chi connectivity index (χ0n) is 10.3. The van der Waals surface area contributed by atoms with Gasteiger partial charge in [-0.15, -0.1) is 0 Å². The average molecular weight is 277 g/mol.